The zero-order chi connectivity index (χ0) is 20.4. The van der Waals surface area contributed by atoms with Crippen LogP contribution in [-0.2, 0) is 19.2 Å². The van der Waals surface area contributed by atoms with Crippen molar-refractivity contribution in [3.63, 3.8) is 0 Å². The van der Waals surface area contributed by atoms with Gasteiger partial charge in [0.1, 0.15) is 12.1 Å². The van der Waals surface area contributed by atoms with Crippen molar-refractivity contribution in [3.05, 3.63) is 0 Å². The van der Waals surface area contributed by atoms with E-state index in [-0.39, 0.29) is 6.54 Å². The highest BCUT2D eigenvalue weighted by Gasteiger charge is 2.35. The number of likely N-dealkylation sites (tertiary alicyclic amines) is 1. The van der Waals surface area contributed by atoms with Crippen molar-refractivity contribution in [1.29, 1.82) is 0 Å². The fourth-order valence-corrected chi connectivity index (χ4v) is 2.83. The third-order valence-corrected chi connectivity index (χ3v) is 4.39. The van der Waals surface area contributed by atoms with Crippen molar-refractivity contribution in [2.75, 3.05) is 26.2 Å². The minimum atomic E-state index is -1.43. The van der Waals surface area contributed by atoms with Crippen molar-refractivity contribution in [2.45, 2.75) is 50.2 Å². The van der Waals surface area contributed by atoms with E-state index in [2.05, 4.69) is 10.6 Å². The van der Waals surface area contributed by atoms with Crippen LogP contribution in [0, 0.1) is 0 Å². The summed E-state index contributed by atoms with van der Waals surface area (Å²) in [7, 11) is 0. The monoisotopic (exact) mass is 387 g/mol. The molecule has 1 saturated heterocycles. The standard InChI is InChI=1S/C16H29N5O6/c17-6-2-1-4-10(18)14(24)19-8-13(23)21-7-3-5-12(21)15(25)20-11(9-22)16(26)27/h10-12,22H,1-9,17-18H2,(H,19,24)(H,20,25)(H,26,27). The van der Waals surface area contributed by atoms with Crippen molar-refractivity contribution < 1.29 is 29.4 Å². The number of unbranched alkanes of at least 4 members (excludes halogenated alkanes) is 1. The van der Waals surface area contributed by atoms with Gasteiger partial charge in [-0.3, -0.25) is 14.4 Å². The molecule has 1 fully saturated rings. The molecule has 3 unspecified atom stereocenters. The Bertz CT molecular complexity index is 543. The molecule has 1 heterocycles. The molecular weight excluding hydrogens is 358 g/mol. The maximum atomic E-state index is 12.3. The predicted molar refractivity (Wildman–Crippen MR) is 95.3 cm³/mol. The van der Waals surface area contributed by atoms with Gasteiger partial charge in [-0.25, -0.2) is 4.79 Å². The molecule has 8 N–H and O–H groups in total. The molecule has 11 heteroatoms. The smallest absolute Gasteiger partial charge is 0.328 e. The van der Waals surface area contributed by atoms with E-state index >= 15 is 0 Å². The van der Waals surface area contributed by atoms with Crippen LogP contribution in [0.25, 0.3) is 0 Å². The topological polar surface area (TPSA) is 188 Å². The second-order valence-electron chi connectivity index (χ2n) is 6.44. The fourth-order valence-electron chi connectivity index (χ4n) is 2.83. The Morgan fingerprint density at radius 2 is 1.93 bits per heavy atom. The summed E-state index contributed by atoms with van der Waals surface area (Å²) < 4.78 is 0. The van der Waals surface area contributed by atoms with Crippen LogP contribution in [0.5, 0.6) is 0 Å². The number of carbonyl (C=O) groups is 4. The Morgan fingerprint density at radius 1 is 1.22 bits per heavy atom. The second-order valence-corrected chi connectivity index (χ2v) is 6.44. The van der Waals surface area contributed by atoms with Crippen molar-refractivity contribution in [2.24, 2.45) is 11.5 Å². The third kappa shape index (κ3) is 7.12. The number of aliphatic hydroxyl groups is 1. The number of amides is 3. The Labute approximate surface area is 157 Å². The largest absolute Gasteiger partial charge is 0.480 e. The van der Waals surface area contributed by atoms with Gasteiger partial charge < -0.3 is 37.2 Å². The molecule has 0 aromatic heterocycles. The molecule has 0 saturated carbocycles. The highest BCUT2D eigenvalue weighted by Crippen LogP contribution is 2.17. The van der Waals surface area contributed by atoms with E-state index < -0.39 is 48.4 Å². The van der Waals surface area contributed by atoms with Gasteiger partial charge in [0, 0.05) is 6.54 Å². The molecule has 0 aromatic rings. The SMILES string of the molecule is NCCCCC(N)C(=O)NCC(=O)N1CCCC1C(=O)NC(CO)C(=O)O. The number of aliphatic carboxylic acids is 1. The average Bonchev–Trinajstić information content (AvgIpc) is 3.13. The number of carboxylic acids is 1. The zero-order valence-corrected chi connectivity index (χ0v) is 15.2. The van der Waals surface area contributed by atoms with Crippen molar-refractivity contribution in [3.8, 4) is 0 Å². The zero-order valence-electron chi connectivity index (χ0n) is 15.2. The molecular formula is C16H29N5O6. The first-order chi connectivity index (χ1) is 12.8. The molecule has 1 aliphatic rings. The molecule has 1 aliphatic heterocycles. The number of nitrogens with zero attached hydrogens (tertiary/aromatic N) is 1. The van der Waals surface area contributed by atoms with Gasteiger partial charge >= 0.3 is 5.97 Å². The highest BCUT2D eigenvalue weighted by atomic mass is 16.4. The van der Waals surface area contributed by atoms with Gasteiger partial charge in [-0.1, -0.05) is 6.42 Å². The third-order valence-electron chi connectivity index (χ3n) is 4.39. The molecule has 11 nitrogen and oxygen atoms in total. The van der Waals surface area contributed by atoms with Gasteiger partial charge in [-0.15, -0.1) is 0 Å². The lowest BCUT2D eigenvalue weighted by Crippen LogP contribution is -2.53. The van der Waals surface area contributed by atoms with Gasteiger partial charge in [0.2, 0.25) is 17.7 Å². The number of carboxylic acid groups (broad SMARTS) is 1. The lowest BCUT2D eigenvalue weighted by molar-refractivity contribution is -0.144. The Balaban J connectivity index is 2.52. The number of nitrogens with one attached hydrogen (secondary N) is 2. The summed E-state index contributed by atoms with van der Waals surface area (Å²) in [6.07, 6.45) is 2.89. The van der Waals surface area contributed by atoms with Crippen LogP contribution in [-0.4, -0.2) is 83.2 Å². The first kappa shape index (κ1) is 22.8. The maximum absolute atomic E-state index is 12.3. The highest BCUT2D eigenvalue weighted by molar-refractivity contribution is 5.93. The summed E-state index contributed by atoms with van der Waals surface area (Å²) in [5.41, 5.74) is 11.1. The lowest BCUT2D eigenvalue weighted by Gasteiger charge is -2.25. The number of hydrogen-bond acceptors (Lipinski definition) is 7. The quantitative estimate of drug-likeness (QED) is 0.204. The Kier molecular flexibility index (Phi) is 9.68. The molecule has 1 rings (SSSR count). The fraction of sp³-hybridized carbons (Fsp3) is 0.750. The van der Waals surface area contributed by atoms with Crippen molar-refractivity contribution in [1.82, 2.24) is 15.5 Å². The van der Waals surface area contributed by atoms with E-state index in [4.69, 9.17) is 21.7 Å². The first-order valence-corrected chi connectivity index (χ1v) is 8.98. The summed E-state index contributed by atoms with van der Waals surface area (Å²) >= 11 is 0. The van der Waals surface area contributed by atoms with Gasteiger partial charge in [0.15, 0.2) is 0 Å². The molecule has 0 aliphatic carbocycles. The molecule has 3 atom stereocenters. The Hall–Kier alpha value is -2.24. The van der Waals surface area contributed by atoms with Crippen LogP contribution in [0.4, 0.5) is 0 Å². The summed E-state index contributed by atoms with van der Waals surface area (Å²) in [5, 5.41) is 22.6. The average molecular weight is 387 g/mol. The molecule has 27 heavy (non-hydrogen) atoms. The number of carbonyl (C=O) groups excluding carboxylic acids is 3. The van der Waals surface area contributed by atoms with E-state index in [1.165, 1.54) is 4.90 Å². The van der Waals surface area contributed by atoms with Gasteiger partial charge in [-0.05, 0) is 32.2 Å². The van der Waals surface area contributed by atoms with E-state index in [0.717, 1.165) is 6.42 Å². The van der Waals surface area contributed by atoms with Crippen LogP contribution in [0.2, 0.25) is 0 Å². The summed E-state index contributed by atoms with van der Waals surface area (Å²) in [6, 6.07) is -3.00. The van der Waals surface area contributed by atoms with Gasteiger partial charge in [-0.2, -0.15) is 0 Å². The lowest BCUT2D eigenvalue weighted by atomic mass is 10.1. The van der Waals surface area contributed by atoms with E-state index in [0.29, 0.717) is 38.8 Å². The summed E-state index contributed by atoms with van der Waals surface area (Å²) in [5.74, 6) is -2.91. The normalized spacial score (nSPS) is 18.6. The van der Waals surface area contributed by atoms with E-state index in [1.54, 1.807) is 0 Å². The van der Waals surface area contributed by atoms with Crippen LogP contribution >= 0.6 is 0 Å². The van der Waals surface area contributed by atoms with E-state index in [9.17, 15) is 19.2 Å². The first-order valence-electron chi connectivity index (χ1n) is 8.98. The van der Waals surface area contributed by atoms with Gasteiger partial charge in [0.25, 0.3) is 0 Å². The van der Waals surface area contributed by atoms with Crippen molar-refractivity contribution >= 4 is 23.7 Å². The number of nitrogens with two attached hydrogens (primary N) is 2. The minimum absolute atomic E-state index is 0.296. The predicted octanol–water partition coefficient (Wildman–Crippen LogP) is -2.89. The number of hydrogen-bond donors (Lipinski definition) is 6. The maximum Gasteiger partial charge on any atom is 0.328 e. The summed E-state index contributed by atoms with van der Waals surface area (Å²) in [4.78, 5) is 48.7. The summed E-state index contributed by atoms with van der Waals surface area (Å²) in [6.45, 7) is -0.203. The Morgan fingerprint density at radius 3 is 2.52 bits per heavy atom. The molecule has 0 radical (unpaired) electrons. The molecule has 0 bridgehead atoms. The molecule has 0 aromatic carbocycles. The van der Waals surface area contributed by atoms with E-state index in [1.807, 2.05) is 0 Å². The van der Waals surface area contributed by atoms with Crippen LogP contribution < -0.4 is 22.1 Å². The second kappa shape index (κ2) is 11.5. The van der Waals surface area contributed by atoms with Crippen LogP contribution in [0.15, 0.2) is 0 Å². The van der Waals surface area contributed by atoms with Crippen LogP contribution in [0.1, 0.15) is 32.1 Å². The number of aliphatic hydroxyl groups excluding tert-OH is 1. The van der Waals surface area contributed by atoms with Crippen LogP contribution in [0.3, 0.4) is 0 Å². The molecule has 154 valence electrons. The van der Waals surface area contributed by atoms with Gasteiger partial charge in [0.05, 0.1) is 19.2 Å². The minimum Gasteiger partial charge on any atom is -0.480 e. The molecule has 3 amide bonds. The number of rotatable bonds is 11. The molecule has 0 spiro atoms.